The van der Waals surface area contributed by atoms with Crippen molar-refractivity contribution in [3.63, 3.8) is 0 Å². The van der Waals surface area contributed by atoms with E-state index in [0.717, 1.165) is 5.56 Å². The molecule has 8 heteroatoms. The standard InChI is InChI=1S/C10H14NO3.C7H8O3S/c12-8-7-14-9(10(8)13)6-11-4-2-1-3-5-11;1-6-2-4-7(5-3-6)11(8,9)10/h1-5,8-10,12-13H,6-7H2;2-5H,1H3,(H,8,9,10)/q+1;/p-1/t8-,9+,10-;/m0./s1. The maximum Gasteiger partial charge on any atom is 0.177 e. The molecule has 1 aliphatic rings. The first-order chi connectivity index (χ1) is 11.8. The second-order valence-corrected chi connectivity index (χ2v) is 7.15. The van der Waals surface area contributed by atoms with Crippen molar-refractivity contribution in [2.24, 2.45) is 0 Å². The fourth-order valence-corrected chi connectivity index (χ4v) is 2.77. The van der Waals surface area contributed by atoms with Gasteiger partial charge in [-0.05, 0) is 19.1 Å². The highest BCUT2D eigenvalue weighted by Gasteiger charge is 2.36. The molecule has 2 N–H and O–H groups in total. The van der Waals surface area contributed by atoms with E-state index >= 15 is 0 Å². The molecule has 7 nitrogen and oxygen atoms in total. The van der Waals surface area contributed by atoms with Crippen molar-refractivity contribution in [3.8, 4) is 0 Å². The number of aliphatic hydroxyl groups is 2. The van der Waals surface area contributed by atoms with Gasteiger partial charge >= 0.3 is 0 Å². The van der Waals surface area contributed by atoms with Gasteiger partial charge in [0.25, 0.3) is 0 Å². The Kier molecular flexibility index (Phi) is 6.63. The molecule has 1 aromatic heterocycles. The molecule has 2 aromatic rings. The molecule has 25 heavy (non-hydrogen) atoms. The topological polar surface area (TPSA) is 111 Å². The van der Waals surface area contributed by atoms with Gasteiger partial charge in [0.1, 0.15) is 28.4 Å². The van der Waals surface area contributed by atoms with Crippen LogP contribution in [0, 0.1) is 6.92 Å². The van der Waals surface area contributed by atoms with Gasteiger partial charge in [0.05, 0.1) is 11.5 Å². The molecular weight excluding hydrogens is 346 g/mol. The van der Waals surface area contributed by atoms with E-state index < -0.39 is 22.3 Å². The number of benzene rings is 1. The van der Waals surface area contributed by atoms with Gasteiger partial charge in [-0.1, -0.05) is 23.8 Å². The van der Waals surface area contributed by atoms with Crippen LogP contribution in [0.5, 0.6) is 0 Å². The van der Waals surface area contributed by atoms with E-state index in [9.17, 15) is 23.2 Å². The van der Waals surface area contributed by atoms with Gasteiger partial charge in [0.2, 0.25) is 0 Å². The minimum Gasteiger partial charge on any atom is -0.744 e. The number of rotatable bonds is 3. The Hall–Kier alpha value is -1.84. The molecule has 2 heterocycles. The third-order valence-corrected chi connectivity index (χ3v) is 4.58. The summed E-state index contributed by atoms with van der Waals surface area (Å²) in [6, 6.07) is 11.5. The van der Waals surface area contributed by atoms with Crippen LogP contribution in [-0.2, 0) is 21.4 Å². The van der Waals surface area contributed by atoms with Gasteiger partial charge < -0.3 is 19.5 Å². The zero-order chi connectivity index (χ0) is 18.4. The Balaban J connectivity index is 0.000000186. The number of nitrogens with zero attached hydrogens (tertiary/aromatic N) is 1. The summed E-state index contributed by atoms with van der Waals surface area (Å²) in [7, 11) is -4.27. The highest BCUT2D eigenvalue weighted by molar-refractivity contribution is 7.85. The van der Waals surface area contributed by atoms with Gasteiger partial charge in [-0.15, -0.1) is 0 Å². The molecule has 1 aromatic carbocycles. The first-order valence-corrected chi connectivity index (χ1v) is 9.12. The summed E-state index contributed by atoms with van der Waals surface area (Å²) in [5.74, 6) is 0. The van der Waals surface area contributed by atoms with E-state index in [4.69, 9.17) is 4.74 Å². The fourth-order valence-electron chi connectivity index (χ4n) is 2.30. The van der Waals surface area contributed by atoms with Crippen LogP contribution in [0.2, 0.25) is 0 Å². The molecule has 1 saturated heterocycles. The number of hydrogen-bond donors (Lipinski definition) is 2. The third kappa shape index (κ3) is 5.87. The Morgan fingerprint density at radius 1 is 1.16 bits per heavy atom. The van der Waals surface area contributed by atoms with Crippen molar-refractivity contribution in [2.45, 2.75) is 36.7 Å². The largest absolute Gasteiger partial charge is 0.744 e. The van der Waals surface area contributed by atoms with Gasteiger partial charge in [0.15, 0.2) is 18.9 Å². The van der Waals surface area contributed by atoms with Gasteiger partial charge in [-0.3, -0.25) is 0 Å². The lowest BCUT2D eigenvalue weighted by molar-refractivity contribution is -0.704. The van der Waals surface area contributed by atoms with Crippen LogP contribution in [-0.4, -0.2) is 48.1 Å². The lowest BCUT2D eigenvalue weighted by Gasteiger charge is -2.10. The van der Waals surface area contributed by atoms with E-state index in [2.05, 4.69) is 0 Å². The molecule has 0 radical (unpaired) electrons. The number of aromatic nitrogens is 1. The van der Waals surface area contributed by atoms with Crippen LogP contribution < -0.4 is 4.57 Å². The summed E-state index contributed by atoms with van der Waals surface area (Å²) >= 11 is 0. The van der Waals surface area contributed by atoms with Crippen molar-refractivity contribution >= 4 is 10.1 Å². The first kappa shape index (κ1) is 19.5. The first-order valence-electron chi connectivity index (χ1n) is 7.72. The summed E-state index contributed by atoms with van der Waals surface area (Å²) in [6.07, 6.45) is 1.98. The van der Waals surface area contributed by atoms with E-state index in [-0.39, 0.29) is 17.6 Å². The lowest BCUT2D eigenvalue weighted by Crippen LogP contribution is -2.44. The SMILES string of the molecule is Cc1ccc(S(=O)(=O)[O-])cc1.O[C@H]1[C@@H](O)CO[C@@H]1C[n+]1ccccc1. The molecule has 0 unspecified atom stereocenters. The molecule has 3 rings (SSSR count). The Morgan fingerprint density at radius 3 is 2.24 bits per heavy atom. The van der Waals surface area contributed by atoms with Crippen molar-refractivity contribution in [1.82, 2.24) is 0 Å². The van der Waals surface area contributed by atoms with E-state index in [1.807, 2.05) is 42.1 Å². The van der Waals surface area contributed by atoms with Crippen molar-refractivity contribution in [1.29, 1.82) is 0 Å². The minimum absolute atomic E-state index is 0.178. The maximum absolute atomic E-state index is 10.4. The maximum atomic E-state index is 10.4. The Labute approximate surface area is 146 Å². The number of pyridine rings is 1. The zero-order valence-electron chi connectivity index (χ0n) is 13.7. The molecular formula is C17H21NO6S. The van der Waals surface area contributed by atoms with Crippen molar-refractivity contribution in [3.05, 3.63) is 60.4 Å². The fraction of sp³-hybridized carbons (Fsp3) is 0.353. The van der Waals surface area contributed by atoms with Crippen LogP contribution in [0.1, 0.15) is 5.56 Å². The summed E-state index contributed by atoms with van der Waals surface area (Å²) in [6.45, 7) is 2.61. The Bertz CT molecular complexity index is 763. The van der Waals surface area contributed by atoms with Gasteiger partial charge in [-0.2, -0.15) is 0 Å². The number of aryl methyl sites for hydroxylation is 1. The highest BCUT2D eigenvalue weighted by atomic mass is 32.2. The van der Waals surface area contributed by atoms with E-state index in [1.54, 1.807) is 12.1 Å². The van der Waals surface area contributed by atoms with Gasteiger partial charge in [0, 0.05) is 12.1 Å². The van der Waals surface area contributed by atoms with Crippen LogP contribution in [0.15, 0.2) is 59.8 Å². The predicted octanol–water partition coefficient (Wildman–Crippen LogP) is -0.00618. The third-order valence-electron chi connectivity index (χ3n) is 3.73. The van der Waals surface area contributed by atoms with Crippen LogP contribution >= 0.6 is 0 Å². The summed E-state index contributed by atoms with van der Waals surface area (Å²) in [4.78, 5) is -0.178. The lowest BCUT2D eigenvalue weighted by atomic mass is 10.1. The smallest absolute Gasteiger partial charge is 0.177 e. The molecule has 136 valence electrons. The van der Waals surface area contributed by atoms with Gasteiger partial charge in [-0.25, -0.2) is 13.0 Å². The van der Waals surface area contributed by atoms with Crippen LogP contribution in [0.3, 0.4) is 0 Å². The summed E-state index contributed by atoms with van der Waals surface area (Å²) in [5, 5.41) is 18.8. The highest BCUT2D eigenvalue weighted by Crippen LogP contribution is 2.14. The number of hydrogen-bond acceptors (Lipinski definition) is 6. The van der Waals surface area contributed by atoms with Crippen molar-refractivity contribution < 1.29 is 32.5 Å². The second-order valence-electron chi connectivity index (χ2n) is 5.77. The molecule has 0 bridgehead atoms. The molecule has 0 amide bonds. The van der Waals surface area contributed by atoms with E-state index in [0.29, 0.717) is 6.54 Å². The summed E-state index contributed by atoms with van der Waals surface area (Å²) < 4.78 is 38.3. The monoisotopic (exact) mass is 367 g/mol. The van der Waals surface area contributed by atoms with E-state index in [1.165, 1.54) is 12.1 Å². The van der Waals surface area contributed by atoms with Crippen molar-refractivity contribution in [2.75, 3.05) is 6.61 Å². The molecule has 1 fully saturated rings. The Morgan fingerprint density at radius 2 is 1.76 bits per heavy atom. The second kappa shape index (κ2) is 8.50. The predicted molar refractivity (Wildman–Crippen MR) is 87.5 cm³/mol. The number of aliphatic hydroxyl groups excluding tert-OH is 2. The average molecular weight is 367 g/mol. The minimum atomic E-state index is -4.27. The average Bonchev–Trinajstić information content (AvgIpc) is 2.88. The molecule has 0 aliphatic carbocycles. The summed E-state index contributed by atoms with van der Waals surface area (Å²) in [5.41, 5.74) is 0.928. The molecule has 0 saturated carbocycles. The molecule has 3 atom stereocenters. The molecule has 1 aliphatic heterocycles. The quantitative estimate of drug-likeness (QED) is 0.583. The zero-order valence-corrected chi connectivity index (χ0v) is 14.5. The normalized spacial score (nSPS) is 23.0. The van der Waals surface area contributed by atoms with Crippen LogP contribution in [0.25, 0.3) is 0 Å². The van der Waals surface area contributed by atoms with Crippen LogP contribution in [0.4, 0.5) is 0 Å². The molecule has 0 spiro atoms. The number of ether oxygens (including phenoxy) is 1.